The smallest absolute Gasteiger partial charge is 0.409 e. The summed E-state index contributed by atoms with van der Waals surface area (Å²) < 4.78 is 5.03. The van der Waals surface area contributed by atoms with Crippen molar-refractivity contribution in [1.29, 1.82) is 0 Å². The minimum absolute atomic E-state index is 0.0171. The van der Waals surface area contributed by atoms with Crippen LogP contribution < -0.4 is 16.4 Å². The molecule has 0 bridgehead atoms. The average Bonchev–Trinajstić information content (AvgIpc) is 2.72. The summed E-state index contributed by atoms with van der Waals surface area (Å²) in [5, 5.41) is 6.16. The summed E-state index contributed by atoms with van der Waals surface area (Å²) in [4.78, 5) is 29.9. The van der Waals surface area contributed by atoms with Gasteiger partial charge < -0.3 is 26.0 Å². The van der Waals surface area contributed by atoms with E-state index < -0.39 is 0 Å². The number of anilines is 1. The summed E-state index contributed by atoms with van der Waals surface area (Å²) in [6.07, 6.45) is 2.14. The highest BCUT2D eigenvalue weighted by Gasteiger charge is 2.23. The summed E-state index contributed by atoms with van der Waals surface area (Å²) >= 11 is 0. The second-order valence-corrected chi connectivity index (χ2v) is 7.30. The van der Waals surface area contributed by atoms with Crippen molar-refractivity contribution in [1.82, 2.24) is 10.2 Å². The molecule has 0 spiro atoms. The molecule has 2 amide bonds. The first-order chi connectivity index (χ1) is 13.9. The number of aliphatic imine (C=N–C) groups is 1. The normalized spacial score (nSPS) is 16.2. The van der Waals surface area contributed by atoms with E-state index >= 15 is 0 Å². The molecule has 1 heterocycles. The summed E-state index contributed by atoms with van der Waals surface area (Å²) in [5.41, 5.74) is 7.77. The lowest BCUT2D eigenvalue weighted by Gasteiger charge is -2.31. The number of nitrogens with zero attached hydrogens (tertiary/aromatic N) is 2. The molecule has 4 N–H and O–H groups in total. The average molecular weight is 404 g/mol. The van der Waals surface area contributed by atoms with Crippen LogP contribution in [0.5, 0.6) is 0 Å². The molecule has 0 aromatic heterocycles. The van der Waals surface area contributed by atoms with E-state index in [2.05, 4.69) is 15.6 Å². The highest BCUT2D eigenvalue weighted by Crippen LogP contribution is 2.14. The number of ether oxygens (including phenoxy) is 1. The van der Waals surface area contributed by atoms with Crippen LogP contribution in [-0.4, -0.2) is 48.6 Å². The Hall–Kier alpha value is -2.77. The molecular weight excluding hydrogens is 370 g/mol. The number of carbonyl (C=O) groups excluding carboxylic acids is 2. The number of hydrogen-bond donors (Lipinski definition) is 3. The van der Waals surface area contributed by atoms with Crippen molar-refractivity contribution in [3.05, 3.63) is 29.8 Å². The number of rotatable bonds is 7. The molecule has 0 aliphatic carbocycles. The Morgan fingerprint density at radius 3 is 2.69 bits per heavy atom. The second kappa shape index (κ2) is 11.3. The molecule has 1 saturated heterocycles. The zero-order chi connectivity index (χ0) is 21.2. The van der Waals surface area contributed by atoms with Crippen molar-refractivity contribution in [2.75, 3.05) is 25.0 Å². The van der Waals surface area contributed by atoms with Gasteiger partial charge in [-0.15, -0.1) is 0 Å². The van der Waals surface area contributed by atoms with E-state index in [9.17, 15) is 9.59 Å². The number of carbonyl (C=O) groups is 2. The fraction of sp³-hybridized carbons (Fsp3) is 0.571. The molecule has 8 heteroatoms. The molecule has 1 aliphatic rings. The third-order valence-electron chi connectivity index (χ3n) is 5.06. The monoisotopic (exact) mass is 403 g/mol. The Balaban J connectivity index is 1.82. The van der Waals surface area contributed by atoms with Gasteiger partial charge in [-0.2, -0.15) is 0 Å². The maximum absolute atomic E-state index is 12.0. The van der Waals surface area contributed by atoms with E-state index in [0.717, 1.165) is 30.5 Å². The van der Waals surface area contributed by atoms with Crippen LogP contribution in [0.3, 0.4) is 0 Å². The van der Waals surface area contributed by atoms with Gasteiger partial charge in [0.15, 0.2) is 5.96 Å². The topological polar surface area (TPSA) is 109 Å². The number of guanidine groups is 1. The Morgan fingerprint density at radius 1 is 1.31 bits per heavy atom. The van der Waals surface area contributed by atoms with Gasteiger partial charge in [0.1, 0.15) is 0 Å². The molecule has 1 aromatic carbocycles. The van der Waals surface area contributed by atoms with Crippen molar-refractivity contribution in [3.8, 4) is 0 Å². The Morgan fingerprint density at radius 2 is 2.03 bits per heavy atom. The summed E-state index contributed by atoms with van der Waals surface area (Å²) in [5.74, 6) is 0.379. The quantitative estimate of drug-likeness (QED) is 0.479. The standard InChI is InChI=1S/C21H33N5O3/c1-4-15(3)19(27)24-18-8-6-7-16(13-18)14-23-20(22)25-17-9-11-26(12-10-17)21(28)29-5-2/h6-8,13,15,17H,4-5,9-12,14H2,1-3H3,(H,24,27)(H3,22,23,25). The Bertz CT molecular complexity index is 714. The molecule has 29 heavy (non-hydrogen) atoms. The van der Waals surface area contributed by atoms with Crippen LogP contribution in [0.1, 0.15) is 45.6 Å². The maximum Gasteiger partial charge on any atom is 0.409 e. The fourth-order valence-electron chi connectivity index (χ4n) is 3.05. The lowest BCUT2D eigenvalue weighted by atomic mass is 10.1. The zero-order valence-corrected chi connectivity index (χ0v) is 17.6. The lowest BCUT2D eigenvalue weighted by molar-refractivity contribution is -0.119. The van der Waals surface area contributed by atoms with Crippen molar-refractivity contribution < 1.29 is 14.3 Å². The van der Waals surface area contributed by atoms with Gasteiger partial charge in [-0.05, 0) is 43.9 Å². The van der Waals surface area contributed by atoms with Crippen molar-refractivity contribution in [2.45, 2.75) is 52.6 Å². The van der Waals surface area contributed by atoms with E-state index in [1.807, 2.05) is 38.1 Å². The molecular formula is C21H33N5O3. The van der Waals surface area contributed by atoms with Crippen LogP contribution in [0.25, 0.3) is 0 Å². The van der Waals surface area contributed by atoms with Crippen molar-refractivity contribution in [2.24, 2.45) is 16.6 Å². The van der Waals surface area contributed by atoms with Crippen molar-refractivity contribution in [3.63, 3.8) is 0 Å². The summed E-state index contributed by atoms with van der Waals surface area (Å²) in [6.45, 7) is 7.80. The number of hydrogen-bond acceptors (Lipinski definition) is 4. The molecule has 1 fully saturated rings. The first kappa shape index (κ1) is 22.5. The molecule has 0 saturated carbocycles. The molecule has 8 nitrogen and oxygen atoms in total. The molecule has 1 unspecified atom stereocenters. The first-order valence-electron chi connectivity index (χ1n) is 10.3. The highest BCUT2D eigenvalue weighted by atomic mass is 16.6. The van der Waals surface area contributed by atoms with E-state index in [1.54, 1.807) is 11.8 Å². The van der Waals surface area contributed by atoms with Crippen LogP contribution in [0.4, 0.5) is 10.5 Å². The van der Waals surface area contributed by atoms with Crippen molar-refractivity contribution >= 4 is 23.6 Å². The number of nitrogens with one attached hydrogen (secondary N) is 2. The molecule has 1 atom stereocenters. The number of nitrogens with two attached hydrogens (primary N) is 1. The van der Waals surface area contributed by atoms with Gasteiger partial charge >= 0.3 is 6.09 Å². The van der Waals surface area contributed by atoms with Gasteiger partial charge in [0.2, 0.25) is 5.91 Å². The zero-order valence-electron chi connectivity index (χ0n) is 17.6. The maximum atomic E-state index is 12.0. The van der Waals surface area contributed by atoms with E-state index in [4.69, 9.17) is 10.5 Å². The third kappa shape index (κ3) is 7.29. The Kier molecular flexibility index (Phi) is 8.76. The van der Waals surface area contributed by atoms with Gasteiger partial charge in [0, 0.05) is 30.7 Å². The minimum atomic E-state index is -0.257. The van der Waals surface area contributed by atoms with Crippen LogP contribution in [0.15, 0.2) is 29.3 Å². The molecule has 1 aliphatic heterocycles. The summed E-state index contributed by atoms with van der Waals surface area (Å²) in [6, 6.07) is 7.81. The second-order valence-electron chi connectivity index (χ2n) is 7.30. The largest absolute Gasteiger partial charge is 0.450 e. The molecule has 2 rings (SSSR count). The van der Waals surface area contributed by atoms with Crippen LogP contribution in [0.2, 0.25) is 0 Å². The van der Waals surface area contributed by atoms with Crippen LogP contribution in [-0.2, 0) is 16.1 Å². The predicted octanol–water partition coefficient (Wildman–Crippen LogP) is 2.70. The van der Waals surface area contributed by atoms with Crippen LogP contribution in [0, 0.1) is 5.92 Å². The lowest BCUT2D eigenvalue weighted by Crippen LogP contribution is -2.48. The van der Waals surface area contributed by atoms with Gasteiger partial charge in [0.25, 0.3) is 0 Å². The van der Waals surface area contributed by atoms with Gasteiger partial charge in [-0.1, -0.05) is 26.0 Å². The number of piperidine rings is 1. The van der Waals surface area contributed by atoms with E-state index in [0.29, 0.717) is 32.2 Å². The van der Waals surface area contributed by atoms with Gasteiger partial charge in [0.05, 0.1) is 13.2 Å². The number of likely N-dealkylation sites (tertiary alicyclic amines) is 1. The molecule has 160 valence electrons. The van der Waals surface area contributed by atoms with Gasteiger partial charge in [-0.3, -0.25) is 4.79 Å². The predicted molar refractivity (Wildman–Crippen MR) is 115 cm³/mol. The first-order valence-corrected chi connectivity index (χ1v) is 10.3. The Labute approximate surface area is 172 Å². The SMILES string of the molecule is CCOC(=O)N1CCC(NC(N)=NCc2cccc(NC(=O)C(C)CC)c2)CC1. The highest BCUT2D eigenvalue weighted by molar-refractivity contribution is 5.92. The van der Waals surface area contributed by atoms with Crippen LogP contribution >= 0.6 is 0 Å². The summed E-state index contributed by atoms with van der Waals surface area (Å²) in [7, 11) is 0. The molecule has 0 radical (unpaired) electrons. The van der Waals surface area contributed by atoms with E-state index in [1.165, 1.54) is 0 Å². The number of benzene rings is 1. The fourth-order valence-corrected chi connectivity index (χ4v) is 3.05. The van der Waals surface area contributed by atoms with Gasteiger partial charge in [-0.25, -0.2) is 9.79 Å². The number of amides is 2. The molecule has 1 aromatic rings. The van der Waals surface area contributed by atoms with E-state index in [-0.39, 0.29) is 24.0 Å². The minimum Gasteiger partial charge on any atom is -0.450 e. The third-order valence-corrected chi connectivity index (χ3v) is 5.06.